The lowest BCUT2D eigenvalue weighted by atomic mass is 9.75. The highest BCUT2D eigenvalue weighted by molar-refractivity contribution is 5.61. The van der Waals surface area contributed by atoms with Crippen molar-refractivity contribution in [3.8, 4) is 0 Å². The highest BCUT2D eigenvalue weighted by atomic mass is 19.1. The Hall–Kier alpha value is -2.20. The van der Waals surface area contributed by atoms with Crippen LogP contribution in [0.5, 0.6) is 0 Å². The second kappa shape index (κ2) is 5.21. The molecule has 4 heteroatoms. The highest BCUT2D eigenvalue weighted by Crippen LogP contribution is 2.46. The molecule has 0 amide bonds. The summed E-state index contributed by atoms with van der Waals surface area (Å²) in [6, 6.07) is 6.26. The van der Waals surface area contributed by atoms with Crippen LogP contribution in [0, 0.1) is 11.2 Å². The van der Waals surface area contributed by atoms with Crippen molar-refractivity contribution in [3.63, 3.8) is 0 Å². The van der Waals surface area contributed by atoms with Crippen LogP contribution in [0.4, 0.5) is 4.39 Å². The smallest absolute Gasteiger partial charge is 0.123 e. The minimum atomic E-state index is -1.04. The summed E-state index contributed by atoms with van der Waals surface area (Å²) in [6.45, 7) is 4.43. The molecule has 0 aliphatic heterocycles. The molecule has 3 nitrogen and oxygen atoms in total. The Bertz CT molecular complexity index is 714. The van der Waals surface area contributed by atoms with E-state index in [0.29, 0.717) is 6.54 Å². The van der Waals surface area contributed by atoms with Gasteiger partial charge in [-0.15, -0.1) is 0 Å². The van der Waals surface area contributed by atoms with Gasteiger partial charge in [-0.05, 0) is 29.3 Å². The molecule has 3 rings (SSSR count). The molecule has 1 aromatic carbocycles. The van der Waals surface area contributed by atoms with Gasteiger partial charge < -0.3 is 9.67 Å². The minimum Gasteiger partial charge on any atom is -0.382 e. The quantitative estimate of drug-likeness (QED) is 0.942. The summed E-state index contributed by atoms with van der Waals surface area (Å²) in [5, 5.41) is 11.3. The molecule has 1 heterocycles. The van der Waals surface area contributed by atoms with Gasteiger partial charge in [-0.3, -0.25) is 0 Å². The number of imidazole rings is 1. The molecular weight excluding hydrogens is 279 g/mol. The molecule has 2 aromatic rings. The largest absolute Gasteiger partial charge is 0.382 e. The van der Waals surface area contributed by atoms with Gasteiger partial charge in [0.1, 0.15) is 11.4 Å². The van der Waals surface area contributed by atoms with Crippen LogP contribution in [0.1, 0.15) is 19.4 Å². The number of aromatic nitrogens is 2. The number of aliphatic hydroxyl groups is 1. The van der Waals surface area contributed by atoms with Crippen molar-refractivity contribution in [2.75, 3.05) is 0 Å². The molecule has 1 unspecified atom stereocenters. The molecule has 0 fully saturated rings. The third-order valence-electron chi connectivity index (χ3n) is 4.39. The van der Waals surface area contributed by atoms with Gasteiger partial charge >= 0.3 is 0 Å². The molecule has 0 spiro atoms. The van der Waals surface area contributed by atoms with Crippen molar-refractivity contribution in [3.05, 3.63) is 72.1 Å². The van der Waals surface area contributed by atoms with Crippen molar-refractivity contribution in [2.45, 2.75) is 26.0 Å². The van der Waals surface area contributed by atoms with Crippen LogP contribution in [0.25, 0.3) is 6.08 Å². The first kappa shape index (κ1) is 14.7. The van der Waals surface area contributed by atoms with Crippen molar-refractivity contribution in [1.29, 1.82) is 0 Å². The van der Waals surface area contributed by atoms with E-state index in [4.69, 9.17) is 0 Å². The molecule has 1 atom stereocenters. The van der Waals surface area contributed by atoms with E-state index in [2.05, 4.69) is 4.98 Å². The SMILES string of the molecule is CC1(C)C=CC(=Cc2ccc(F)cc2)C1(O)Cn1ccnc1. The zero-order chi connectivity index (χ0) is 15.8. The predicted octanol–water partition coefficient (Wildman–Crippen LogP) is 3.43. The second-order valence-electron chi connectivity index (χ2n) is 6.30. The fraction of sp³-hybridized carbons (Fsp3) is 0.278. The number of hydrogen-bond donors (Lipinski definition) is 1. The van der Waals surface area contributed by atoms with Crippen LogP contribution in [-0.2, 0) is 6.54 Å². The zero-order valence-electron chi connectivity index (χ0n) is 12.7. The maximum atomic E-state index is 13.0. The summed E-state index contributed by atoms with van der Waals surface area (Å²) in [6.07, 6.45) is 11.1. The van der Waals surface area contributed by atoms with E-state index in [0.717, 1.165) is 11.1 Å². The van der Waals surface area contributed by atoms with Crippen LogP contribution in [-0.4, -0.2) is 20.3 Å². The van der Waals surface area contributed by atoms with E-state index >= 15 is 0 Å². The summed E-state index contributed by atoms with van der Waals surface area (Å²) in [5.74, 6) is -0.266. The summed E-state index contributed by atoms with van der Waals surface area (Å²) >= 11 is 0. The highest BCUT2D eigenvalue weighted by Gasteiger charge is 2.47. The average Bonchev–Trinajstić information content (AvgIpc) is 3.04. The lowest BCUT2D eigenvalue weighted by molar-refractivity contribution is -0.0114. The number of benzene rings is 1. The van der Waals surface area contributed by atoms with Crippen LogP contribution in [0.15, 0.2) is 60.7 Å². The van der Waals surface area contributed by atoms with Crippen molar-refractivity contribution in [1.82, 2.24) is 9.55 Å². The van der Waals surface area contributed by atoms with Gasteiger partial charge in [0.05, 0.1) is 12.9 Å². The van der Waals surface area contributed by atoms with Crippen LogP contribution < -0.4 is 0 Å². The molecule has 0 bridgehead atoms. The summed E-state index contributed by atoms with van der Waals surface area (Å²) in [7, 11) is 0. The third-order valence-corrected chi connectivity index (χ3v) is 4.39. The summed E-state index contributed by atoms with van der Waals surface area (Å²) < 4.78 is 14.9. The molecule has 22 heavy (non-hydrogen) atoms. The molecule has 1 N–H and O–H groups in total. The Kier molecular flexibility index (Phi) is 3.49. The molecule has 1 aliphatic carbocycles. The Balaban J connectivity index is 1.98. The van der Waals surface area contributed by atoms with Crippen LogP contribution in [0.3, 0.4) is 0 Å². The predicted molar refractivity (Wildman–Crippen MR) is 84.5 cm³/mol. The van der Waals surface area contributed by atoms with Gasteiger partial charge in [0.2, 0.25) is 0 Å². The van der Waals surface area contributed by atoms with E-state index in [1.54, 1.807) is 24.7 Å². The standard InChI is InChI=1S/C18H19FN2O/c1-17(2)8-7-15(11-14-3-5-16(19)6-4-14)18(17,22)12-21-10-9-20-13-21/h3-11,13,22H,12H2,1-2H3. The zero-order valence-corrected chi connectivity index (χ0v) is 12.7. The lowest BCUT2D eigenvalue weighted by Crippen LogP contribution is -2.45. The van der Waals surface area contributed by atoms with E-state index < -0.39 is 11.0 Å². The first-order chi connectivity index (χ1) is 10.4. The molecular formula is C18H19FN2O. The fourth-order valence-corrected chi connectivity index (χ4v) is 2.79. The number of hydrogen-bond acceptors (Lipinski definition) is 2. The Morgan fingerprint density at radius 1 is 1.27 bits per heavy atom. The Labute approximate surface area is 129 Å². The molecule has 1 aromatic heterocycles. The normalized spacial score (nSPS) is 25.0. The van der Waals surface area contributed by atoms with Gasteiger partial charge in [0, 0.05) is 17.8 Å². The molecule has 114 valence electrons. The van der Waals surface area contributed by atoms with Crippen LogP contribution in [0.2, 0.25) is 0 Å². The van der Waals surface area contributed by atoms with E-state index in [1.807, 2.05) is 42.8 Å². The minimum absolute atomic E-state index is 0.266. The Morgan fingerprint density at radius 2 is 2.00 bits per heavy atom. The molecule has 0 saturated heterocycles. The number of halogens is 1. The van der Waals surface area contributed by atoms with E-state index in [9.17, 15) is 9.50 Å². The molecule has 1 aliphatic rings. The third kappa shape index (κ3) is 2.50. The molecule has 0 radical (unpaired) electrons. The fourth-order valence-electron chi connectivity index (χ4n) is 2.79. The first-order valence-electron chi connectivity index (χ1n) is 7.26. The summed E-state index contributed by atoms with van der Waals surface area (Å²) in [5.41, 5.74) is 0.242. The summed E-state index contributed by atoms with van der Waals surface area (Å²) in [4.78, 5) is 4.03. The molecule has 0 saturated carbocycles. The van der Waals surface area contributed by atoms with Gasteiger partial charge in [-0.25, -0.2) is 9.37 Å². The monoisotopic (exact) mass is 298 g/mol. The maximum absolute atomic E-state index is 13.0. The first-order valence-corrected chi connectivity index (χ1v) is 7.26. The van der Waals surface area contributed by atoms with Crippen molar-refractivity contribution in [2.24, 2.45) is 5.41 Å². The van der Waals surface area contributed by atoms with Gasteiger partial charge in [-0.1, -0.05) is 38.1 Å². The van der Waals surface area contributed by atoms with Gasteiger partial charge in [-0.2, -0.15) is 0 Å². The Morgan fingerprint density at radius 3 is 2.64 bits per heavy atom. The van der Waals surface area contributed by atoms with Crippen molar-refractivity contribution >= 4 is 6.08 Å². The average molecular weight is 298 g/mol. The topological polar surface area (TPSA) is 38.0 Å². The second-order valence-corrected chi connectivity index (χ2v) is 6.30. The number of rotatable bonds is 3. The van der Waals surface area contributed by atoms with Gasteiger partial charge in [0.15, 0.2) is 0 Å². The van der Waals surface area contributed by atoms with Gasteiger partial charge in [0.25, 0.3) is 0 Å². The van der Waals surface area contributed by atoms with E-state index in [1.165, 1.54) is 12.1 Å². The van der Waals surface area contributed by atoms with Crippen molar-refractivity contribution < 1.29 is 9.50 Å². The lowest BCUT2D eigenvalue weighted by Gasteiger charge is -2.38. The maximum Gasteiger partial charge on any atom is 0.123 e. The van der Waals surface area contributed by atoms with E-state index in [-0.39, 0.29) is 5.82 Å². The van der Waals surface area contributed by atoms with Crippen LogP contribution >= 0.6 is 0 Å². The number of nitrogens with zero attached hydrogens (tertiary/aromatic N) is 2.